The first-order chi connectivity index (χ1) is 9.33. The highest BCUT2D eigenvalue weighted by Gasteiger charge is 2.25. The molecule has 0 aromatic heterocycles. The quantitative estimate of drug-likeness (QED) is 0.865. The van der Waals surface area contributed by atoms with Gasteiger partial charge in [0.2, 0.25) is 5.91 Å². The number of benzene rings is 1. The van der Waals surface area contributed by atoms with E-state index < -0.39 is 0 Å². The molecule has 2 aliphatic heterocycles. The summed E-state index contributed by atoms with van der Waals surface area (Å²) in [7, 11) is 0. The largest absolute Gasteiger partial charge is 0.491 e. The molecule has 1 fully saturated rings. The molecular formula is C14H18N2O3. The monoisotopic (exact) mass is 262 g/mol. The minimum Gasteiger partial charge on any atom is -0.491 e. The van der Waals surface area contributed by atoms with Crippen LogP contribution in [0.5, 0.6) is 5.75 Å². The molecule has 1 unspecified atom stereocenters. The van der Waals surface area contributed by atoms with Crippen LogP contribution in [0, 0.1) is 0 Å². The van der Waals surface area contributed by atoms with E-state index >= 15 is 0 Å². The summed E-state index contributed by atoms with van der Waals surface area (Å²) in [5.74, 6) is 0.923. The van der Waals surface area contributed by atoms with Crippen LogP contribution in [0.4, 0.5) is 0 Å². The van der Waals surface area contributed by atoms with Crippen LogP contribution in [0.25, 0.3) is 0 Å². The van der Waals surface area contributed by atoms with Crippen molar-refractivity contribution in [1.29, 1.82) is 0 Å². The summed E-state index contributed by atoms with van der Waals surface area (Å²) in [6.07, 6.45) is 0. The molecule has 1 N–H and O–H groups in total. The van der Waals surface area contributed by atoms with Crippen molar-refractivity contribution < 1.29 is 14.3 Å². The Morgan fingerprint density at radius 2 is 2.11 bits per heavy atom. The van der Waals surface area contributed by atoms with E-state index in [2.05, 4.69) is 10.2 Å². The molecule has 0 saturated carbocycles. The maximum atomic E-state index is 12.0. The number of hydrogen-bond acceptors (Lipinski definition) is 4. The second-order valence-corrected chi connectivity index (χ2v) is 4.86. The zero-order valence-electron chi connectivity index (χ0n) is 10.8. The number of fused-ring (bicyclic) bond motifs is 1. The highest BCUT2D eigenvalue weighted by molar-refractivity contribution is 5.78. The molecule has 0 bridgehead atoms. The summed E-state index contributed by atoms with van der Waals surface area (Å²) in [4.78, 5) is 14.1. The molecule has 1 atom stereocenters. The molecule has 1 amide bonds. The first-order valence-corrected chi connectivity index (χ1v) is 6.64. The number of rotatable bonds is 3. The van der Waals surface area contributed by atoms with E-state index in [0.717, 1.165) is 24.4 Å². The van der Waals surface area contributed by atoms with E-state index in [1.807, 2.05) is 24.3 Å². The van der Waals surface area contributed by atoms with Gasteiger partial charge >= 0.3 is 0 Å². The Hall–Kier alpha value is -1.59. The average Bonchev–Trinajstić information content (AvgIpc) is 2.83. The van der Waals surface area contributed by atoms with Crippen LogP contribution in [0.2, 0.25) is 0 Å². The molecule has 5 heteroatoms. The molecule has 1 aromatic rings. The first-order valence-electron chi connectivity index (χ1n) is 6.64. The van der Waals surface area contributed by atoms with Gasteiger partial charge in [0.1, 0.15) is 12.4 Å². The molecule has 19 heavy (non-hydrogen) atoms. The second kappa shape index (κ2) is 5.59. The summed E-state index contributed by atoms with van der Waals surface area (Å²) in [5, 5.41) is 3.04. The predicted octanol–water partition coefficient (Wildman–Crippen LogP) is 0.569. The lowest BCUT2D eigenvalue weighted by atomic mass is 10.1. The first kappa shape index (κ1) is 12.4. The zero-order valence-corrected chi connectivity index (χ0v) is 10.8. The van der Waals surface area contributed by atoms with Gasteiger partial charge in [0.05, 0.1) is 25.8 Å². The van der Waals surface area contributed by atoms with Gasteiger partial charge in [0.25, 0.3) is 0 Å². The third-order valence-electron chi connectivity index (χ3n) is 3.51. The van der Waals surface area contributed by atoms with Crippen LogP contribution >= 0.6 is 0 Å². The Morgan fingerprint density at radius 3 is 2.95 bits per heavy atom. The smallest absolute Gasteiger partial charge is 0.234 e. The van der Waals surface area contributed by atoms with Gasteiger partial charge in [-0.2, -0.15) is 0 Å². The maximum Gasteiger partial charge on any atom is 0.234 e. The Bertz CT molecular complexity index is 458. The van der Waals surface area contributed by atoms with Crippen molar-refractivity contribution in [2.45, 2.75) is 6.04 Å². The van der Waals surface area contributed by atoms with Gasteiger partial charge in [-0.1, -0.05) is 18.2 Å². The minimum atomic E-state index is -0.0234. The summed E-state index contributed by atoms with van der Waals surface area (Å²) >= 11 is 0. The zero-order chi connectivity index (χ0) is 13.1. The topological polar surface area (TPSA) is 50.8 Å². The van der Waals surface area contributed by atoms with Crippen molar-refractivity contribution in [3.63, 3.8) is 0 Å². The number of carbonyl (C=O) groups excluding carboxylic acids is 1. The number of ether oxygens (including phenoxy) is 2. The number of amides is 1. The molecule has 3 rings (SSSR count). The van der Waals surface area contributed by atoms with Gasteiger partial charge in [-0.15, -0.1) is 0 Å². The van der Waals surface area contributed by atoms with Gasteiger partial charge < -0.3 is 14.8 Å². The molecule has 1 saturated heterocycles. The highest BCUT2D eigenvalue weighted by atomic mass is 16.5. The Morgan fingerprint density at radius 1 is 1.32 bits per heavy atom. The molecule has 102 valence electrons. The van der Waals surface area contributed by atoms with Gasteiger partial charge in [-0.25, -0.2) is 0 Å². The Kier molecular flexibility index (Phi) is 3.66. The highest BCUT2D eigenvalue weighted by Crippen LogP contribution is 2.31. The van der Waals surface area contributed by atoms with E-state index in [9.17, 15) is 4.79 Å². The minimum absolute atomic E-state index is 0.0234. The number of carbonyl (C=O) groups is 1. The van der Waals surface area contributed by atoms with Crippen LogP contribution in [-0.2, 0) is 9.53 Å². The molecule has 2 heterocycles. The van der Waals surface area contributed by atoms with Crippen molar-refractivity contribution in [2.75, 3.05) is 39.5 Å². The molecular weight excluding hydrogens is 244 g/mol. The Labute approximate surface area is 112 Å². The van der Waals surface area contributed by atoms with Gasteiger partial charge in [-0.3, -0.25) is 9.69 Å². The average molecular weight is 262 g/mol. The summed E-state index contributed by atoms with van der Waals surface area (Å²) in [6, 6.07) is 7.82. The van der Waals surface area contributed by atoms with Crippen molar-refractivity contribution in [2.24, 2.45) is 0 Å². The third kappa shape index (κ3) is 2.88. The van der Waals surface area contributed by atoms with Crippen LogP contribution in [0.3, 0.4) is 0 Å². The standard InChI is InChI=1S/C14H18N2O3/c17-14(9-16-5-7-18-8-6-16)15-12-10-19-13-4-2-1-3-11(12)13/h1-4,12H,5-10H2,(H,15,17). The molecule has 0 radical (unpaired) electrons. The van der Waals surface area contributed by atoms with Crippen LogP contribution < -0.4 is 10.1 Å². The molecule has 2 aliphatic rings. The van der Waals surface area contributed by atoms with Crippen LogP contribution in [0.15, 0.2) is 24.3 Å². The lowest BCUT2D eigenvalue weighted by Crippen LogP contribution is -2.44. The number of nitrogens with zero attached hydrogens (tertiary/aromatic N) is 1. The predicted molar refractivity (Wildman–Crippen MR) is 70.1 cm³/mol. The van der Waals surface area contributed by atoms with Crippen molar-refractivity contribution >= 4 is 5.91 Å². The second-order valence-electron chi connectivity index (χ2n) is 4.86. The number of nitrogens with one attached hydrogen (secondary N) is 1. The summed E-state index contributed by atoms with van der Waals surface area (Å²) in [6.45, 7) is 4.03. The fourth-order valence-electron chi connectivity index (χ4n) is 2.48. The fourth-order valence-corrected chi connectivity index (χ4v) is 2.48. The van der Waals surface area contributed by atoms with Gasteiger partial charge in [-0.05, 0) is 6.07 Å². The molecule has 5 nitrogen and oxygen atoms in total. The third-order valence-corrected chi connectivity index (χ3v) is 3.51. The molecule has 1 aromatic carbocycles. The lowest BCUT2D eigenvalue weighted by molar-refractivity contribution is -0.124. The summed E-state index contributed by atoms with van der Waals surface area (Å²) < 4.78 is 10.8. The fraction of sp³-hybridized carbons (Fsp3) is 0.500. The van der Waals surface area contributed by atoms with Crippen molar-refractivity contribution in [3.05, 3.63) is 29.8 Å². The van der Waals surface area contributed by atoms with E-state index in [1.165, 1.54) is 0 Å². The van der Waals surface area contributed by atoms with E-state index in [1.54, 1.807) is 0 Å². The van der Waals surface area contributed by atoms with E-state index in [4.69, 9.17) is 9.47 Å². The summed E-state index contributed by atoms with van der Waals surface area (Å²) in [5.41, 5.74) is 1.07. The van der Waals surface area contributed by atoms with Gasteiger partial charge in [0.15, 0.2) is 0 Å². The van der Waals surface area contributed by atoms with Gasteiger partial charge in [0, 0.05) is 18.7 Å². The Balaban J connectivity index is 1.55. The number of para-hydroxylation sites is 1. The number of morpholine rings is 1. The SMILES string of the molecule is O=C(CN1CCOCC1)NC1COc2ccccc21. The maximum absolute atomic E-state index is 12.0. The normalized spacial score (nSPS) is 22.6. The molecule has 0 spiro atoms. The van der Waals surface area contributed by atoms with Crippen LogP contribution in [-0.4, -0.2) is 50.3 Å². The van der Waals surface area contributed by atoms with Crippen molar-refractivity contribution in [3.8, 4) is 5.75 Å². The lowest BCUT2D eigenvalue weighted by Gasteiger charge is -2.26. The molecule has 0 aliphatic carbocycles. The number of hydrogen-bond donors (Lipinski definition) is 1. The van der Waals surface area contributed by atoms with E-state index in [-0.39, 0.29) is 11.9 Å². The van der Waals surface area contributed by atoms with Crippen molar-refractivity contribution in [1.82, 2.24) is 10.2 Å². The van der Waals surface area contributed by atoms with Crippen LogP contribution in [0.1, 0.15) is 11.6 Å². The van der Waals surface area contributed by atoms with E-state index in [0.29, 0.717) is 26.4 Å².